The minimum absolute atomic E-state index is 0.0668. The first-order chi connectivity index (χ1) is 18.6. The van der Waals surface area contributed by atoms with Crippen LogP contribution in [0.25, 0.3) is 11.1 Å². The van der Waals surface area contributed by atoms with Crippen molar-refractivity contribution in [3.05, 3.63) is 83.6 Å². The van der Waals surface area contributed by atoms with E-state index in [0.717, 1.165) is 86.5 Å². The van der Waals surface area contributed by atoms with Gasteiger partial charge in [0.1, 0.15) is 5.82 Å². The van der Waals surface area contributed by atoms with Gasteiger partial charge in [-0.25, -0.2) is 4.98 Å². The van der Waals surface area contributed by atoms with Crippen molar-refractivity contribution in [2.75, 3.05) is 38.1 Å². The molecule has 0 aliphatic carbocycles. The van der Waals surface area contributed by atoms with Crippen molar-refractivity contribution < 1.29 is 14.6 Å². The lowest BCUT2D eigenvalue weighted by atomic mass is 9.93. The number of carbonyl (C=O) groups is 1. The molecule has 2 aliphatic rings. The Labute approximate surface area is 226 Å². The Bertz CT molecular complexity index is 1200. The van der Waals surface area contributed by atoms with Crippen LogP contribution >= 0.6 is 0 Å². The zero-order valence-corrected chi connectivity index (χ0v) is 22.1. The number of anilines is 1. The number of pyridine rings is 1. The van der Waals surface area contributed by atoms with Crippen molar-refractivity contribution in [2.24, 2.45) is 0 Å². The first-order valence-electron chi connectivity index (χ1n) is 14.1. The molecule has 6 heteroatoms. The highest BCUT2D eigenvalue weighted by Gasteiger charge is 2.23. The number of likely N-dealkylation sites (tertiary alicyclic amines) is 1. The number of aliphatic carboxylic acids is 1. The highest BCUT2D eigenvalue weighted by Crippen LogP contribution is 2.28. The molecule has 1 aromatic heterocycles. The van der Waals surface area contributed by atoms with Gasteiger partial charge in [0, 0.05) is 24.7 Å². The zero-order valence-electron chi connectivity index (χ0n) is 22.1. The van der Waals surface area contributed by atoms with Crippen molar-refractivity contribution in [3.63, 3.8) is 0 Å². The van der Waals surface area contributed by atoms with Gasteiger partial charge in [-0.3, -0.25) is 4.79 Å². The maximum absolute atomic E-state index is 11.7. The Kier molecular flexibility index (Phi) is 9.05. The molecule has 3 heterocycles. The van der Waals surface area contributed by atoms with Crippen molar-refractivity contribution in [3.8, 4) is 11.1 Å². The molecule has 0 bridgehead atoms. The number of nitrogens with one attached hydrogen (secondary N) is 1. The zero-order chi connectivity index (χ0) is 26.2. The van der Waals surface area contributed by atoms with Crippen molar-refractivity contribution in [1.29, 1.82) is 0 Å². The summed E-state index contributed by atoms with van der Waals surface area (Å²) in [6.45, 7) is 4.48. The van der Waals surface area contributed by atoms with Crippen molar-refractivity contribution in [1.82, 2.24) is 9.88 Å². The SMILES string of the molecule is O=C(O)C[C@@H](CO[C@@H]1CCCN(CCCc2ccc3c(n2)NCCC3)C1)c1cccc(-c2ccccc2)c1. The molecule has 1 saturated heterocycles. The van der Waals surface area contributed by atoms with Crippen LogP contribution in [-0.4, -0.2) is 59.8 Å². The van der Waals surface area contributed by atoms with E-state index in [1.54, 1.807) is 0 Å². The van der Waals surface area contributed by atoms with Gasteiger partial charge in [-0.15, -0.1) is 0 Å². The van der Waals surface area contributed by atoms with Gasteiger partial charge in [-0.1, -0.05) is 60.7 Å². The molecule has 3 aromatic rings. The van der Waals surface area contributed by atoms with Gasteiger partial charge in [0.05, 0.1) is 19.1 Å². The van der Waals surface area contributed by atoms with Gasteiger partial charge >= 0.3 is 5.97 Å². The van der Waals surface area contributed by atoms with Crippen LogP contribution in [0, 0.1) is 0 Å². The van der Waals surface area contributed by atoms with Crippen LogP contribution in [0.3, 0.4) is 0 Å². The number of nitrogens with zero attached hydrogens (tertiary/aromatic N) is 2. The molecule has 5 rings (SSSR count). The van der Waals surface area contributed by atoms with E-state index in [9.17, 15) is 9.90 Å². The predicted octanol–water partition coefficient (Wildman–Crippen LogP) is 5.78. The summed E-state index contributed by atoms with van der Waals surface area (Å²) < 4.78 is 6.38. The number of benzene rings is 2. The summed E-state index contributed by atoms with van der Waals surface area (Å²) in [5.41, 5.74) is 5.76. The number of carboxylic acids is 1. The third-order valence-corrected chi connectivity index (χ3v) is 7.74. The minimum atomic E-state index is -0.792. The number of rotatable bonds is 11. The highest BCUT2D eigenvalue weighted by atomic mass is 16.5. The molecule has 0 radical (unpaired) electrons. The highest BCUT2D eigenvalue weighted by molar-refractivity contribution is 5.69. The quantitative estimate of drug-likeness (QED) is 0.339. The number of ether oxygens (including phenoxy) is 1. The molecule has 0 saturated carbocycles. The Balaban J connectivity index is 1.13. The fraction of sp³-hybridized carbons (Fsp3) is 0.438. The number of aromatic nitrogens is 1. The Hall–Kier alpha value is -3.22. The smallest absolute Gasteiger partial charge is 0.304 e. The second-order valence-electron chi connectivity index (χ2n) is 10.6. The summed E-state index contributed by atoms with van der Waals surface area (Å²) >= 11 is 0. The second-order valence-corrected chi connectivity index (χ2v) is 10.6. The Morgan fingerprint density at radius 2 is 1.95 bits per heavy atom. The number of piperidine rings is 1. The van der Waals surface area contributed by atoms with Crippen molar-refractivity contribution in [2.45, 2.75) is 57.0 Å². The number of hydrogen-bond donors (Lipinski definition) is 2. The molecule has 2 N–H and O–H groups in total. The average Bonchev–Trinajstić information content (AvgIpc) is 2.96. The molecule has 2 atom stereocenters. The maximum Gasteiger partial charge on any atom is 0.304 e. The molecule has 2 aromatic carbocycles. The lowest BCUT2D eigenvalue weighted by molar-refractivity contribution is -0.138. The molecule has 6 nitrogen and oxygen atoms in total. The number of fused-ring (bicyclic) bond motifs is 1. The van der Waals surface area contributed by atoms with Crippen LogP contribution in [0.5, 0.6) is 0 Å². The fourth-order valence-electron chi connectivity index (χ4n) is 5.68. The second kappa shape index (κ2) is 13.0. The Morgan fingerprint density at radius 1 is 1.08 bits per heavy atom. The van der Waals surface area contributed by atoms with Gasteiger partial charge in [0.15, 0.2) is 0 Å². The van der Waals surface area contributed by atoms with E-state index in [1.807, 2.05) is 30.3 Å². The van der Waals surface area contributed by atoms with Crippen molar-refractivity contribution >= 4 is 11.8 Å². The monoisotopic (exact) mass is 513 g/mol. The molecule has 1 fully saturated rings. The van der Waals surface area contributed by atoms with E-state index < -0.39 is 5.97 Å². The molecular formula is C32H39N3O3. The normalized spacial score (nSPS) is 18.4. The van der Waals surface area contributed by atoms with Crippen LogP contribution in [0.1, 0.15) is 54.8 Å². The van der Waals surface area contributed by atoms with E-state index in [2.05, 4.69) is 46.6 Å². The average molecular weight is 514 g/mol. The van der Waals surface area contributed by atoms with Gasteiger partial charge < -0.3 is 20.1 Å². The van der Waals surface area contributed by atoms with E-state index >= 15 is 0 Å². The molecule has 38 heavy (non-hydrogen) atoms. The molecular weight excluding hydrogens is 474 g/mol. The maximum atomic E-state index is 11.7. The standard InChI is InChI=1S/C32H39N3O3/c36-31(37)21-28(27-11-4-10-26(20-27)24-8-2-1-3-9-24)23-38-30-14-7-19-35(22-30)18-6-13-29-16-15-25-12-5-17-33-32(25)34-29/h1-4,8-11,15-16,20,28,30H,5-7,12-14,17-19,21-23H2,(H,33,34)(H,36,37)/t28-,30+/m0/s1. The van der Waals surface area contributed by atoms with E-state index in [0.29, 0.717) is 6.61 Å². The summed E-state index contributed by atoms with van der Waals surface area (Å²) in [4.78, 5) is 19.0. The number of carboxylic acid groups (broad SMARTS) is 1. The minimum Gasteiger partial charge on any atom is -0.481 e. The van der Waals surface area contributed by atoms with Crippen LogP contribution in [0.15, 0.2) is 66.7 Å². The Morgan fingerprint density at radius 3 is 2.82 bits per heavy atom. The topological polar surface area (TPSA) is 74.7 Å². The molecule has 2 aliphatic heterocycles. The van der Waals surface area contributed by atoms with Gasteiger partial charge in [-0.2, -0.15) is 0 Å². The van der Waals surface area contributed by atoms with Gasteiger partial charge in [-0.05, 0) is 79.9 Å². The first-order valence-corrected chi connectivity index (χ1v) is 14.1. The number of aryl methyl sites for hydroxylation is 2. The summed E-state index contributed by atoms with van der Waals surface area (Å²) in [6, 6.07) is 22.9. The largest absolute Gasteiger partial charge is 0.481 e. The summed E-state index contributed by atoms with van der Waals surface area (Å²) in [7, 11) is 0. The summed E-state index contributed by atoms with van der Waals surface area (Å²) in [5.74, 6) is 0.112. The van der Waals surface area contributed by atoms with Crippen LogP contribution in [0.4, 0.5) is 5.82 Å². The molecule has 0 amide bonds. The molecule has 0 spiro atoms. The van der Waals surface area contributed by atoms with E-state index in [1.165, 1.54) is 12.0 Å². The van der Waals surface area contributed by atoms with E-state index in [-0.39, 0.29) is 18.4 Å². The van der Waals surface area contributed by atoms with Crippen LogP contribution < -0.4 is 5.32 Å². The van der Waals surface area contributed by atoms with Crippen LogP contribution in [-0.2, 0) is 22.4 Å². The third-order valence-electron chi connectivity index (χ3n) is 7.74. The third kappa shape index (κ3) is 7.21. The van der Waals surface area contributed by atoms with Crippen LogP contribution in [0.2, 0.25) is 0 Å². The fourth-order valence-corrected chi connectivity index (χ4v) is 5.68. The summed E-state index contributed by atoms with van der Waals surface area (Å²) in [6.07, 6.45) is 6.71. The first kappa shape index (κ1) is 26.4. The summed E-state index contributed by atoms with van der Waals surface area (Å²) in [5, 5.41) is 13.0. The lowest BCUT2D eigenvalue weighted by Gasteiger charge is -2.33. The van der Waals surface area contributed by atoms with Gasteiger partial charge in [0.25, 0.3) is 0 Å². The number of hydrogen-bond acceptors (Lipinski definition) is 5. The lowest BCUT2D eigenvalue weighted by Crippen LogP contribution is -2.40. The van der Waals surface area contributed by atoms with E-state index in [4.69, 9.17) is 9.72 Å². The predicted molar refractivity (Wildman–Crippen MR) is 152 cm³/mol. The van der Waals surface area contributed by atoms with Gasteiger partial charge in [0.2, 0.25) is 0 Å². The molecule has 0 unspecified atom stereocenters. The molecule has 200 valence electrons.